The van der Waals surface area contributed by atoms with Crippen molar-refractivity contribution in [2.75, 3.05) is 18.1 Å². The molecule has 180 valence electrons. The van der Waals surface area contributed by atoms with Crippen LogP contribution < -0.4 is 0 Å². The standard InChI is InChI=1S/C21H32ClNO5S3Si/c1-12(22)10-27-19(25)16-20(29-14-8-9-31(26)11-14)30-18-15(17(24)23(16)18)13(2)28-32(6,7)21(3,4)5/h13-15,18H,1,8-11H2,2-7H3/t13-,14?,15+,18-,31?/m1/s1. The van der Waals surface area contributed by atoms with Crippen LogP contribution in [-0.4, -0.2) is 64.1 Å². The number of fused-ring (bicyclic) bond motifs is 1. The predicted molar refractivity (Wildman–Crippen MR) is 136 cm³/mol. The van der Waals surface area contributed by atoms with Crippen molar-refractivity contribution in [3.05, 3.63) is 21.5 Å². The average Bonchev–Trinajstić information content (AvgIpc) is 3.19. The van der Waals surface area contributed by atoms with Crippen molar-refractivity contribution in [3.63, 3.8) is 0 Å². The van der Waals surface area contributed by atoms with Gasteiger partial charge in [-0.15, -0.1) is 11.8 Å². The lowest BCUT2D eigenvalue weighted by molar-refractivity contribution is -0.157. The third kappa shape index (κ3) is 5.35. The predicted octanol–water partition coefficient (Wildman–Crippen LogP) is 4.65. The van der Waals surface area contributed by atoms with E-state index in [0.29, 0.717) is 11.5 Å². The summed E-state index contributed by atoms with van der Waals surface area (Å²) in [5.41, 5.74) is 0.279. The van der Waals surface area contributed by atoms with Gasteiger partial charge in [0.05, 0.1) is 16.3 Å². The molecule has 5 atom stereocenters. The highest BCUT2D eigenvalue weighted by atomic mass is 35.5. The van der Waals surface area contributed by atoms with Gasteiger partial charge < -0.3 is 9.16 Å². The molecule has 0 saturated carbocycles. The molecule has 11 heteroatoms. The Balaban J connectivity index is 1.79. The van der Waals surface area contributed by atoms with E-state index < -0.39 is 25.1 Å². The Bertz CT molecular complexity index is 872. The number of β-lactam (4-membered cyclic amide) rings is 1. The van der Waals surface area contributed by atoms with Crippen LogP contribution in [0.4, 0.5) is 0 Å². The summed E-state index contributed by atoms with van der Waals surface area (Å²) in [7, 11) is -2.88. The van der Waals surface area contributed by atoms with Crippen LogP contribution in [0.2, 0.25) is 18.1 Å². The minimum atomic E-state index is -2.05. The topological polar surface area (TPSA) is 72.9 Å². The zero-order valence-corrected chi connectivity index (χ0v) is 23.6. The lowest BCUT2D eigenvalue weighted by atomic mass is 9.92. The van der Waals surface area contributed by atoms with Gasteiger partial charge in [-0.25, -0.2) is 4.79 Å². The number of hydrogen-bond acceptors (Lipinski definition) is 7. The maximum absolute atomic E-state index is 13.2. The molecule has 2 unspecified atom stereocenters. The Morgan fingerprint density at radius 3 is 2.62 bits per heavy atom. The van der Waals surface area contributed by atoms with Crippen molar-refractivity contribution < 1.29 is 23.0 Å². The van der Waals surface area contributed by atoms with Crippen LogP contribution in [0.25, 0.3) is 0 Å². The highest BCUT2D eigenvalue weighted by Gasteiger charge is 2.59. The summed E-state index contributed by atoms with van der Waals surface area (Å²) in [5, 5.41) is 0.216. The van der Waals surface area contributed by atoms with Crippen molar-refractivity contribution in [2.24, 2.45) is 5.92 Å². The van der Waals surface area contributed by atoms with E-state index in [1.807, 2.05) is 6.92 Å². The van der Waals surface area contributed by atoms with E-state index in [1.165, 1.54) is 23.5 Å². The van der Waals surface area contributed by atoms with Gasteiger partial charge in [-0.1, -0.05) is 50.7 Å². The molecule has 0 aliphatic carbocycles. The molecule has 0 bridgehead atoms. The fourth-order valence-corrected chi connectivity index (χ4v) is 10.3. The van der Waals surface area contributed by atoms with Crippen LogP contribution in [0.3, 0.4) is 0 Å². The minimum Gasteiger partial charge on any atom is -0.455 e. The maximum atomic E-state index is 13.2. The lowest BCUT2D eigenvalue weighted by Gasteiger charge is -2.48. The lowest BCUT2D eigenvalue weighted by Crippen LogP contribution is -2.62. The molecule has 0 aromatic carbocycles. The fraction of sp³-hybridized carbons (Fsp3) is 0.714. The zero-order valence-electron chi connectivity index (χ0n) is 19.4. The summed E-state index contributed by atoms with van der Waals surface area (Å²) < 4.78 is 24.4. The van der Waals surface area contributed by atoms with Crippen LogP contribution >= 0.6 is 35.1 Å². The number of ether oxygens (including phenoxy) is 1. The second-order valence-corrected chi connectivity index (χ2v) is 19.5. The molecular formula is C21H32ClNO5S3Si. The third-order valence-electron chi connectivity index (χ3n) is 6.40. The normalized spacial score (nSPS) is 29.1. The van der Waals surface area contributed by atoms with Crippen molar-refractivity contribution in [1.82, 2.24) is 4.90 Å². The molecule has 0 radical (unpaired) electrons. The molecule has 1 amide bonds. The first-order valence-electron chi connectivity index (χ1n) is 10.7. The fourth-order valence-electron chi connectivity index (χ4n) is 3.62. The Hall–Kier alpha value is -0.263. The number of nitrogens with zero attached hydrogens (tertiary/aromatic N) is 1. The van der Waals surface area contributed by atoms with Crippen LogP contribution in [0, 0.1) is 5.92 Å². The number of rotatable bonds is 8. The highest BCUT2D eigenvalue weighted by molar-refractivity contribution is 8.23. The van der Waals surface area contributed by atoms with Crippen LogP contribution in [0.1, 0.15) is 34.1 Å². The van der Waals surface area contributed by atoms with Gasteiger partial charge >= 0.3 is 5.97 Å². The summed E-state index contributed by atoms with van der Waals surface area (Å²) in [6.45, 7) is 16.3. The van der Waals surface area contributed by atoms with Gasteiger partial charge in [0.2, 0.25) is 5.91 Å². The molecule has 0 aromatic rings. The molecule has 6 nitrogen and oxygen atoms in total. The van der Waals surface area contributed by atoms with E-state index in [0.717, 1.165) is 10.7 Å². The number of hydrogen-bond donors (Lipinski definition) is 0. The first kappa shape index (κ1) is 26.3. The highest BCUT2D eigenvalue weighted by Crippen LogP contribution is 2.56. The molecule has 0 aromatic heterocycles. The Morgan fingerprint density at radius 2 is 2.09 bits per heavy atom. The number of halogens is 1. The maximum Gasteiger partial charge on any atom is 0.357 e. The van der Waals surface area contributed by atoms with Gasteiger partial charge in [0, 0.05) is 32.6 Å². The van der Waals surface area contributed by atoms with Crippen molar-refractivity contribution in [3.8, 4) is 0 Å². The molecule has 32 heavy (non-hydrogen) atoms. The smallest absolute Gasteiger partial charge is 0.357 e. The summed E-state index contributed by atoms with van der Waals surface area (Å²) in [6.07, 6.45) is 0.579. The van der Waals surface area contributed by atoms with E-state index in [4.69, 9.17) is 20.8 Å². The summed E-state index contributed by atoms with van der Waals surface area (Å²) in [4.78, 5) is 27.6. The summed E-state index contributed by atoms with van der Waals surface area (Å²) in [6, 6.07) is 0. The second-order valence-electron chi connectivity index (χ2n) is 9.89. The van der Waals surface area contributed by atoms with E-state index in [2.05, 4.69) is 40.4 Å². The van der Waals surface area contributed by atoms with Crippen molar-refractivity contribution in [2.45, 2.75) is 69.0 Å². The average molecular weight is 538 g/mol. The summed E-state index contributed by atoms with van der Waals surface area (Å²) >= 11 is 8.82. The molecular weight excluding hydrogens is 506 g/mol. The second kappa shape index (κ2) is 9.77. The molecule has 0 N–H and O–H groups in total. The first-order chi connectivity index (χ1) is 14.7. The minimum absolute atomic E-state index is 0.0346. The van der Waals surface area contributed by atoms with Crippen molar-refractivity contribution >= 4 is 66.1 Å². The van der Waals surface area contributed by atoms with Gasteiger partial charge in [-0.3, -0.25) is 13.9 Å². The van der Waals surface area contributed by atoms with Gasteiger partial charge in [-0.05, 0) is 31.5 Å². The van der Waals surface area contributed by atoms with Crippen molar-refractivity contribution in [1.29, 1.82) is 0 Å². The van der Waals surface area contributed by atoms with E-state index >= 15 is 0 Å². The zero-order chi connectivity index (χ0) is 24.0. The van der Waals surface area contributed by atoms with Crippen LogP contribution in [0.15, 0.2) is 21.5 Å². The molecule has 2 saturated heterocycles. The number of amides is 1. The monoisotopic (exact) mass is 537 g/mol. The number of thioether (sulfide) groups is 2. The molecule has 0 spiro atoms. The third-order valence-corrected chi connectivity index (χ3v) is 15.6. The Labute approximate surface area is 207 Å². The molecule has 3 aliphatic rings. The molecule has 3 heterocycles. The van der Waals surface area contributed by atoms with Gasteiger partial charge in [0.25, 0.3) is 0 Å². The quantitative estimate of drug-likeness (QED) is 0.253. The molecule has 2 fully saturated rings. The largest absolute Gasteiger partial charge is 0.455 e. The summed E-state index contributed by atoms with van der Waals surface area (Å²) in [5.74, 6) is 0.260. The first-order valence-corrected chi connectivity index (χ1v) is 17.2. The van der Waals surface area contributed by atoms with Gasteiger partial charge in [-0.2, -0.15) is 0 Å². The Morgan fingerprint density at radius 1 is 1.44 bits per heavy atom. The van der Waals surface area contributed by atoms with E-state index in [1.54, 1.807) is 4.90 Å². The molecule has 3 aliphatic heterocycles. The van der Waals surface area contributed by atoms with Crippen LogP contribution in [-0.2, 0) is 29.6 Å². The van der Waals surface area contributed by atoms with E-state index in [9.17, 15) is 13.8 Å². The SMILES string of the molecule is C=C(Cl)COC(=O)C1=C(SC2CCS(=O)C2)S[C@@H]2[C@@H]([C@@H](C)O[Si](C)(C)C(C)(C)C)C(=O)N12. The van der Waals surface area contributed by atoms with Gasteiger partial charge in [0.15, 0.2) is 14.0 Å². The Kier molecular flexibility index (Phi) is 8.05. The number of carbonyl (C=O) groups excluding carboxylic acids is 2. The number of carbonyl (C=O) groups is 2. The number of esters is 1. The van der Waals surface area contributed by atoms with Gasteiger partial charge in [0.1, 0.15) is 12.0 Å². The van der Waals surface area contributed by atoms with E-state index in [-0.39, 0.29) is 50.9 Å². The van der Waals surface area contributed by atoms with Crippen LogP contribution in [0.5, 0.6) is 0 Å². The molecule has 3 rings (SSSR count).